The van der Waals surface area contributed by atoms with Gasteiger partial charge in [-0.15, -0.1) is 0 Å². The largest absolute Gasteiger partial charge is 0.494 e. The maximum Gasteiger partial charge on any atom is 0.406 e. The van der Waals surface area contributed by atoms with Crippen LogP contribution in [0.1, 0.15) is 39.6 Å². The first-order chi connectivity index (χ1) is 21.3. The van der Waals surface area contributed by atoms with Gasteiger partial charge in [0.15, 0.2) is 0 Å². The molecule has 3 N–H and O–H groups in total. The summed E-state index contributed by atoms with van der Waals surface area (Å²) in [5.74, 6) is 3.61. The summed E-state index contributed by atoms with van der Waals surface area (Å²) in [7, 11) is 2.68. The predicted molar refractivity (Wildman–Crippen MR) is 155 cm³/mol. The molecule has 0 bridgehead atoms. The van der Waals surface area contributed by atoms with E-state index in [0.717, 1.165) is 17.0 Å². The van der Waals surface area contributed by atoms with Crippen LogP contribution in [0.4, 0.5) is 32.0 Å². The molecular weight excluding hydrogens is 606 g/mol. The van der Waals surface area contributed by atoms with E-state index in [2.05, 4.69) is 32.8 Å². The second-order valence-corrected chi connectivity index (χ2v) is 10.6. The summed E-state index contributed by atoms with van der Waals surface area (Å²) < 4.78 is 85.9. The molecule has 2 atom stereocenters. The van der Waals surface area contributed by atoms with Crippen molar-refractivity contribution in [2.24, 2.45) is 5.92 Å². The average Bonchev–Trinajstić information content (AvgIpc) is 3.36. The molecule has 3 aromatic rings. The summed E-state index contributed by atoms with van der Waals surface area (Å²) in [6.45, 7) is 0.815. The zero-order valence-electron chi connectivity index (χ0n) is 24.7. The number of fused-ring (bicyclic) bond motifs is 1. The second-order valence-electron chi connectivity index (χ2n) is 10.6. The van der Waals surface area contributed by atoms with Gasteiger partial charge >= 0.3 is 6.18 Å². The van der Waals surface area contributed by atoms with Gasteiger partial charge in [-0.2, -0.15) is 13.2 Å². The van der Waals surface area contributed by atoms with Crippen LogP contribution in [0, 0.1) is 23.6 Å². The number of carbonyl (C=O) groups excluding carboxylic acids is 2. The average molecular weight is 639 g/mol. The standard InChI is InChI=1S/C30H32F6N6O3/c1-17-13-41(14-26(32)33)8-6-22(17)40-29(44)20-9-18(10-24-27(20)39-16-42(24)15-30(34,35)36)5-4-7-38-23-11-19(28(43)37-2)21(31)12-25(23)45-3/h9-12,16-17,22,26,38H,6-8,13-15H2,1-3H3,(H,37,43)(H,40,44)/t17-,22-/m0/s1. The van der Waals surface area contributed by atoms with Crippen LogP contribution in [-0.2, 0) is 6.54 Å². The van der Waals surface area contributed by atoms with Crippen molar-refractivity contribution in [2.75, 3.05) is 45.7 Å². The van der Waals surface area contributed by atoms with Gasteiger partial charge in [0.2, 0.25) is 0 Å². The van der Waals surface area contributed by atoms with E-state index < -0.39 is 36.8 Å². The molecule has 4 rings (SSSR count). The molecule has 2 heterocycles. The van der Waals surface area contributed by atoms with Crippen LogP contribution in [0.5, 0.6) is 5.75 Å². The van der Waals surface area contributed by atoms with Crippen molar-refractivity contribution in [3.63, 3.8) is 0 Å². The van der Waals surface area contributed by atoms with Crippen LogP contribution in [0.3, 0.4) is 0 Å². The first kappa shape index (κ1) is 33.4. The molecule has 1 saturated heterocycles. The fourth-order valence-electron chi connectivity index (χ4n) is 5.24. The zero-order chi connectivity index (χ0) is 32.9. The Bertz CT molecular complexity index is 1610. The van der Waals surface area contributed by atoms with Gasteiger partial charge in [0.25, 0.3) is 18.2 Å². The van der Waals surface area contributed by atoms with E-state index in [0.29, 0.717) is 19.5 Å². The minimum Gasteiger partial charge on any atom is -0.494 e. The molecular formula is C30H32F6N6O3. The number of nitrogens with one attached hydrogen (secondary N) is 3. The number of alkyl halides is 5. The van der Waals surface area contributed by atoms with Gasteiger partial charge in [0.05, 0.1) is 48.9 Å². The molecule has 45 heavy (non-hydrogen) atoms. The number of nitrogens with zero attached hydrogens (tertiary/aromatic N) is 3. The van der Waals surface area contributed by atoms with Crippen molar-refractivity contribution in [2.45, 2.75) is 38.5 Å². The Morgan fingerprint density at radius 3 is 2.56 bits per heavy atom. The third-order valence-electron chi connectivity index (χ3n) is 7.38. The van der Waals surface area contributed by atoms with Crippen molar-refractivity contribution >= 4 is 28.5 Å². The maximum atomic E-state index is 14.3. The van der Waals surface area contributed by atoms with Gasteiger partial charge in [0, 0.05) is 37.8 Å². The van der Waals surface area contributed by atoms with Gasteiger partial charge in [-0.25, -0.2) is 18.2 Å². The van der Waals surface area contributed by atoms with E-state index in [1.54, 1.807) is 4.90 Å². The Labute approximate surface area is 255 Å². The number of anilines is 1. The molecule has 1 aliphatic rings. The van der Waals surface area contributed by atoms with E-state index in [9.17, 15) is 35.9 Å². The lowest BCUT2D eigenvalue weighted by Crippen LogP contribution is -2.50. The number of amides is 2. The number of methoxy groups -OCH3 is 1. The summed E-state index contributed by atoms with van der Waals surface area (Å²) >= 11 is 0. The number of likely N-dealkylation sites (tertiary alicyclic amines) is 1. The Balaban J connectivity index is 1.60. The molecule has 242 valence electrons. The lowest BCUT2D eigenvalue weighted by Gasteiger charge is -2.37. The highest BCUT2D eigenvalue weighted by atomic mass is 19.4. The lowest BCUT2D eigenvalue weighted by atomic mass is 9.93. The Hall–Kier alpha value is -4.45. The third kappa shape index (κ3) is 8.39. The number of imidazole rings is 1. The molecule has 1 aromatic heterocycles. The van der Waals surface area contributed by atoms with Gasteiger partial charge in [-0.3, -0.25) is 14.5 Å². The van der Waals surface area contributed by atoms with Crippen LogP contribution in [0.2, 0.25) is 0 Å². The molecule has 0 aliphatic carbocycles. The summed E-state index contributed by atoms with van der Waals surface area (Å²) in [6.07, 6.45) is -5.60. The van der Waals surface area contributed by atoms with E-state index in [1.165, 1.54) is 32.4 Å². The van der Waals surface area contributed by atoms with Crippen LogP contribution in [0.15, 0.2) is 30.6 Å². The molecule has 0 saturated carbocycles. The van der Waals surface area contributed by atoms with E-state index >= 15 is 0 Å². The van der Waals surface area contributed by atoms with Crippen LogP contribution >= 0.6 is 0 Å². The van der Waals surface area contributed by atoms with Gasteiger partial charge in [0.1, 0.15) is 23.6 Å². The number of piperidine rings is 1. The molecule has 1 aliphatic heterocycles. The summed E-state index contributed by atoms with van der Waals surface area (Å²) in [5.41, 5.74) is 0.410. The number of rotatable bonds is 9. The van der Waals surface area contributed by atoms with Crippen LogP contribution < -0.4 is 20.7 Å². The fraction of sp³-hybridized carbons (Fsp3) is 0.433. The molecule has 9 nitrogen and oxygen atoms in total. The fourth-order valence-corrected chi connectivity index (χ4v) is 5.24. The number of ether oxygens (including phenoxy) is 1. The minimum absolute atomic E-state index is 0.0170. The molecule has 2 amide bonds. The molecule has 0 radical (unpaired) electrons. The Morgan fingerprint density at radius 2 is 1.91 bits per heavy atom. The van der Waals surface area contributed by atoms with E-state index in [1.807, 2.05) is 6.92 Å². The number of halogens is 6. The lowest BCUT2D eigenvalue weighted by molar-refractivity contribution is -0.140. The quantitative estimate of drug-likeness (QED) is 0.239. The van der Waals surface area contributed by atoms with E-state index in [4.69, 9.17) is 4.74 Å². The smallest absolute Gasteiger partial charge is 0.406 e. The monoisotopic (exact) mass is 638 g/mol. The van der Waals surface area contributed by atoms with Crippen molar-refractivity contribution in [3.8, 4) is 17.6 Å². The second kappa shape index (κ2) is 14.1. The summed E-state index contributed by atoms with van der Waals surface area (Å²) in [4.78, 5) is 31.2. The molecule has 2 aromatic carbocycles. The van der Waals surface area contributed by atoms with Crippen molar-refractivity contribution in [1.82, 2.24) is 25.1 Å². The minimum atomic E-state index is -4.55. The van der Waals surface area contributed by atoms with Crippen molar-refractivity contribution in [3.05, 3.63) is 53.1 Å². The zero-order valence-corrected chi connectivity index (χ0v) is 24.7. The molecule has 1 fully saturated rings. The number of hydrogen-bond acceptors (Lipinski definition) is 6. The normalized spacial score (nSPS) is 17.1. The first-order valence-corrected chi connectivity index (χ1v) is 14.0. The highest BCUT2D eigenvalue weighted by Gasteiger charge is 2.31. The van der Waals surface area contributed by atoms with Crippen LogP contribution in [0.25, 0.3) is 11.0 Å². The summed E-state index contributed by atoms with van der Waals surface area (Å²) in [6, 6.07) is 4.78. The first-order valence-electron chi connectivity index (χ1n) is 14.0. The third-order valence-corrected chi connectivity index (χ3v) is 7.38. The topological polar surface area (TPSA) is 101 Å². The summed E-state index contributed by atoms with van der Waals surface area (Å²) in [5, 5.41) is 8.17. The maximum absolute atomic E-state index is 14.3. The molecule has 0 spiro atoms. The SMILES string of the molecule is CNC(=O)c1cc(NCC#Cc2cc(C(=O)N[C@H]3CCN(CC(F)F)C[C@@H]3C)c3ncn(CC(F)(F)F)c3c2)c(OC)cc1F. The number of benzene rings is 2. The number of hydrogen-bond donors (Lipinski definition) is 3. The molecule has 0 unspecified atom stereocenters. The van der Waals surface area contributed by atoms with Gasteiger partial charge in [-0.05, 0) is 30.5 Å². The highest BCUT2D eigenvalue weighted by molar-refractivity contribution is 6.05. The van der Waals surface area contributed by atoms with Gasteiger partial charge < -0.3 is 25.3 Å². The Kier molecular flexibility index (Phi) is 10.5. The van der Waals surface area contributed by atoms with Crippen LogP contribution in [-0.4, -0.2) is 85.2 Å². The molecule has 15 heteroatoms. The van der Waals surface area contributed by atoms with Crippen molar-refractivity contribution < 1.29 is 40.7 Å². The van der Waals surface area contributed by atoms with Crippen molar-refractivity contribution in [1.29, 1.82) is 0 Å². The highest BCUT2D eigenvalue weighted by Crippen LogP contribution is 2.28. The number of aromatic nitrogens is 2. The predicted octanol–water partition coefficient (Wildman–Crippen LogP) is 4.27. The van der Waals surface area contributed by atoms with E-state index in [-0.39, 0.29) is 64.2 Å². The van der Waals surface area contributed by atoms with Gasteiger partial charge in [-0.1, -0.05) is 18.8 Å². The number of carbonyl (C=O) groups is 2. The Morgan fingerprint density at radius 1 is 1.16 bits per heavy atom.